The minimum atomic E-state index is -0.0305. The number of hydrogen-bond donors (Lipinski definition) is 1. The second kappa shape index (κ2) is 9.49. The summed E-state index contributed by atoms with van der Waals surface area (Å²) in [5.41, 5.74) is 1.89. The molecule has 0 aliphatic heterocycles. The number of benzene rings is 1. The lowest BCUT2D eigenvalue weighted by Gasteiger charge is -2.10. The molecule has 0 saturated heterocycles. The fourth-order valence-electron chi connectivity index (χ4n) is 2.77. The summed E-state index contributed by atoms with van der Waals surface area (Å²) in [5.74, 6) is 0.938. The molecule has 3 heterocycles. The number of nitrogens with zero attached hydrogens (tertiary/aromatic N) is 4. The Bertz CT molecular complexity index is 1050. The van der Waals surface area contributed by atoms with Gasteiger partial charge in [0, 0.05) is 11.1 Å². The number of thiophene rings is 1. The first-order chi connectivity index (χ1) is 14.3. The molecule has 1 N–H and O–H groups in total. The fourth-order valence-corrected chi connectivity index (χ4v) is 4.18. The number of carbonyl (C=O) groups excluding carboxylic acids is 1. The zero-order valence-electron chi connectivity index (χ0n) is 15.6. The molecular formula is C21H19N5OS2. The largest absolute Gasteiger partial charge is 0.350 e. The number of thioether (sulfide) groups is 1. The maximum Gasteiger partial charge on any atom is 0.230 e. The van der Waals surface area contributed by atoms with E-state index in [1.165, 1.54) is 11.8 Å². The highest BCUT2D eigenvalue weighted by atomic mass is 32.2. The van der Waals surface area contributed by atoms with Crippen molar-refractivity contribution < 1.29 is 4.79 Å². The van der Waals surface area contributed by atoms with E-state index in [0.29, 0.717) is 24.1 Å². The molecule has 0 bridgehead atoms. The average molecular weight is 422 g/mol. The van der Waals surface area contributed by atoms with Gasteiger partial charge < -0.3 is 5.32 Å². The van der Waals surface area contributed by atoms with Crippen molar-refractivity contribution in [1.29, 1.82) is 0 Å². The van der Waals surface area contributed by atoms with Crippen molar-refractivity contribution in [2.24, 2.45) is 0 Å². The molecule has 0 fully saturated rings. The molecule has 4 aromatic rings. The molecule has 3 aromatic heterocycles. The van der Waals surface area contributed by atoms with E-state index in [2.05, 4.69) is 32.6 Å². The van der Waals surface area contributed by atoms with Gasteiger partial charge in [-0.2, -0.15) is 0 Å². The van der Waals surface area contributed by atoms with Crippen LogP contribution in [-0.4, -0.2) is 31.4 Å². The minimum absolute atomic E-state index is 0.0305. The Morgan fingerprint density at radius 2 is 1.90 bits per heavy atom. The van der Waals surface area contributed by atoms with Crippen LogP contribution in [0.4, 0.5) is 0 Å². The predicted octanol–water partition coefficient (Wildman–Crippen LogP) is 3.86. The quantitative estimate of drug-likeness (QED) is 0.438. The van der Waals surface area contributed by atoms with Gasteiger partial charge in [0.1, 0.15) is 5.69 Å². The van der Waals surface area contributed by atoms with Gasteiger partial charge in [-0.1, -0.05) is 54.2 Å². The van der Waals surface area contributed by atoms with Crippen LogP contribution in [0.2, 0.25) is 0 Å². The maximum atomic E-state index is 12.3. The number of rotatable bonds is 8. The van der Waals surface area contributed by atoms with Gasteiger partial charge in [-0.25, -0.2) is 0 Å². The van der Waals surface area contributed by atoms with E-state index in [4.69, 9.17) is 0 Å². The van der Waals surface area contributed by atoms with E-state index in [0.717, 1.165) is 16.1 Å². The third-order valence-corrected chi connectivity index (χ3v) is 6.01. The van der Waals surface area contributed by atoms with Gasteiger partial charge in [-0.3, -0.25) is 14.3 Å². The first kappa shape index (κ1) is 19.4. The number of hydrogen-bond acceptors (Lipinski definition) is 6. The predicted molar refractivity (Wildman–Crippen MR) is 116 cm³/mol. The molecule has 0 aliphatic carbocycles. The number of aromatic nitrogens is 4. The summed E-state index contributed by atoms with van der Waals surface area (Å²) in [7, 11) is 0. The molecule has 1 amide bonds. The normalized spacial score (nSPS) is 10.8. The topological polar surface area (TPSA) is 72.7 Å². The van der Waals surface area contributed by atoms with Gasteiger partial charge in [-0.05, 0) is 29.1 Å². The number of amides is 1. The lowest BCUT2D eigenvalue weighted by atomic mass is 10.2. The van der Waals surface area contributed by atoms with Crippen molar-refractivity contribution in [3.63, 3.8) is 0 Å². The van der Waals surface area contributed by atoms with Crippen LogP contribution in [-0.2, 0) is 17.9 Å². The molecule has 0 saturated carbocycles. The second-order valence-electron chi connectivity index (χ2n) is 6.24. The summed E-state index contributed by atoms with van der Waals surface area (Å²) in [6.45, 7) is 1.16. The Morgan fingerprint density at radius 3 is 2.66 bits per heavy atom. The Morgan fingerprint density at radius 1 is 1.03 bits per heavy atom. The van der Waals surface area contributed by atoms with E-state index >= 15 is 0 Å². The van der Waals surface area contributed by atoms with E-state index in [1.807, 2.05) is 58.5 Å². The molecule has 6 nitrogen and oxygen atoms in total. The van der Waals surface area contributed by atoms with Crippen LogP contribution >= 0.6 is 23.1 Å². The lowest BCUT2D eigenvalue weighted by molar-refractivity contribution is -0.118. The first-order valence-corrected chi connectivity index (χ1v) is 11.0. The van der Waals surface area contributed by atoms with Crippen molar-refractivity contribution in [2.45, 2.75) is 18.2 Å². The molecule has 0 unspecified atom stereocenters. The zero-order valence-corrected chi connectivity index (χ0v) is 17.2. The van der Waals surface area contributed by atoms with Crippen molar-refractivity contribution >= 4 is 29.0 Å². The van der Waals surface area contributed by atoms with Gasteiger partial charge in [0.15, 0.2) is 11.0 Å². The molecule has 0 aliphatic rings. The highest BCUT2D eigenvalue weighted by Crippen LogP contribution is 2.24. The third-order valence-electron chi connectivity index (χ3n) is 4.17. The zero-order chi connectivity index (χ0) is 19.9. The number of nitrogens with one attached hydrogen (secondary N) is 1. The van der Waals surface area contributed by atoms with E-state index < -0.39 is 0 Å². The molecule has 146 valence electrons. The molecule has 4 rings (SSSR count). The minimum Gasteiger partial charge on any atom is -0.350 e. The van der Waals surface area contributed by atoms with Crippen LogP contribution in [0.25, 0.3) is 11.5 Å². The standard InChI is InChI=1S/C21H19N5OS2/c27-19(23-13-17-9-6-12-28-17)15-29-21-25-24-20(18-10-4-5-11-22-18)26(21)14-16-7-2-1-3-8-16/h1-12H,13-15H2,(H,23,27). The van der Waals surface area contributed by atoms with E-state index in [1.54, 1.807) is 17.5 Å². The Hall–Kier alpha value is -2.97. The van der Waals surface area contributed by atoms with Gasteiger partial charge >= 0.3 is 0 Å². The fraction of sp³-hybridized carbons (Fsp3) is 0.143. The molecule has 29 heavy (non-hydrogen) atoms. The first-order valence-electron chi connectivity index (χ1n) is 9.10. The van der Waals surface area contributed by atoms with Gasteiger partial charge in [0.2, 0.25) is 5.91 Å². The summed E-state index contributed by atoms with van der Waals surface area (Å²) in [6, 6.07) is 19.8. The van der Waals surface area contributed by atoms with Crippen LogP contribution < -0.4 is 5.32 Å². The maximum absolute atomic E-state index is 12.3. The average Bonchev–Trinajstić information content (AvgIpc) is 3.42. The summed E-state index contributed by atoms with van der Waals surface area (Å²) in [4.78, 5) is 17.8. The molecular weight excluding hydrogens is 402 g/mol. The van der Waals surface area contributed by atoms with Crippen molar-refractivity contribution in [1.82, 2.24) is 25.1 Å². The van der Waals surface area contributed by atoms with Gasteiger partial charge in [-0.15, -0.1) is 21.5 Å². The second-order valence-corrected chi connectivity index (χ2v) is 8.21. The monoisotopic (exact) mass is 421 g/mol. The molecule has 8 heteroatoms. The SMILES string of the molecule is O=C(CSc1nnc(-c2ccccn2)n1Cc1ccccc1)NCc1cccs1. The van der Waals surface area contributed by atoms with Crippen LogP contribution in [0, 0.1) is 0 Å². The van der Waals surface area contributed by atoms with E-state index in [9.17, 15) is 4.79 Å². The summed E-state index contributed by atoms with van der Waals surface area (Å²) in [6.07, 6.45) is 1.74. The van der Waals surface area contributed by atoms with Crippen molar-refractivity contribution in [3.8, 4) is 11.5 Å². The summed E-state index contributed by atoms with van der Waals surface area (Å²) >= 11 is 3.01. The van der Waals surface area contributed by atoms with Crippen LogP contribution in [0.15, 0.2) is 77.4 Å². The molecule has 0 radical (unpaired) electrons. The molecule has 0 spiro atoms. The van der Waals surface area contributed by atoms with Gasteiger partial charge in [0.25, 0.3) is 0 Å². The lowest BCUT2D eigenvalue weighted by Crippen LogP contribution is -2.24. The Labute approximate surface area is 177 Å². The van der Waals surface area contributed by atoms with Gasteiger partial charge in [0.05, 0.1) is 18.8 Å². The smallest absolute Gasteiger partial charge is 0.230 e. The highest BCUT2D eigenvalue weighted by molar-refractivity contribution is 7.99. The van der Waals surface area contributed by atoms with Crippen LogP contribution in [0.1, 0.15) is 10.4 Å². The van der Waals surface area contributed by atoms with Crippen molar-refractivity contribution in [3.05, 3.63) is 82.7 Å². The Kier molecular flexibility index (Phi) is 6.33. The number of carbonyl (C=O) groups is 1. The van der Waals surface area contributed by atoms with E-state index in [-0.39, 0.29) is 11.7 Å². The summed E-state index contributed by atoms with van der Waals surface area (Å²) < 4.78 is 2.01. The summed E-state index contributed by atoms with van der Waals surface area (Å²) in [5, 5.41) is 14.3. The molecule has 1 aromatic carbocycles. The van der Waals surface area contributed by atoms with Crippen LogP contribution in [0.3, 0.4) is 0 Å². The highest BCUT2D eigenvalue weighted by Gasteiger charge is 2.16. The van der Waals surface area contributed by atoms with Crippen LogP contribution in [0.5, 0.6) is 0 Å². The Balaban J connectivity index is 1.50. The number of pyridine rings is 1. The third kappa shape index (κ3) is 5.10. The molecule has 0 atom stereocenters. The van der Waals surface area contributed by atoms with Crippen molar-refractivity contribution in [2.75, 3.05) is 5.75 Å².